The molecule has 1 heterocycles. The Labute approximate surface area is 204 Å². The Balaban J connectivity index is 1.73. The van der Waals surface area contributed by atoms with Crippen LogP contribution in [0.5, 0.6) is 0 Å². The summed E-state index contributed by atoms with van der Waals surface area (Å²) >= 11 is 0. The number of nitrogens with zero attached hydrogens (tertiary/aromatic N) is 4. The molecule has 0 radical (unpaired) electrons. The van der Waals surface area contributed by atoms with Gasteiger partial charge < -0.3 is 0 Å². The van der Waals surface area contributed by atoms with Crippen LogP contribution in [0.2, 0.25) is 0 Å². The second-order valence-corrected chi connectivity index (χ2v) is 8.59. The van der Waals surface area contributed by atoms with E-state index >= 15 is 0 Å². The van der Waals surface area contributed by atoms with Gasteiger partial charge in [-0.1, -0.05) is 29.8 Å². The monoisotopic (exact) mass is 492 g/mol. The highest BCUT2D eigenvalue weighted by Crippen LogP contribution is 2.38. The average molecular weight is 492 g/mol. The molecule has 0 N–H and O–H groups in total. The average Bonchev–Trinajstić information content (AvgIpc) is 3.11. The summed E-state index contributed by atoms with van der Waals surface area (Å²) < 4.78 is 0. The molecule has 0 spiro atoms. The minimum atomic E-state index is -0.970. The van der Waals surface area contributed by atoms with E-state index in [1.54, 1.807) is 0 Å². The molecule has 1 aliphatic heterocycles. The van der Waals surface area contributed by atoms with Gasteiger partial charge in [0.25, 0.3) is 29.1 Å². The van der Waals surface area contributed by atoms with E-state index in [1.807, 2.05) is 13.0 Å². The molecule has 0 bridgehead atoms. The van der Waals surface area contributed by atoms with Gasteiger partial charge in [-0.05, 0) is 25.8 Å². The molecular formula is C24H20N4O8. The summed E-state index contributed by atoms with van der Waals surface area (Å²) in [5, 5.41) is 23.7. The Kier molecular flexibility index (Phi) is 6.43. The number of rotatable bonds is 7. The number of carbonyl (C=O) groups excluding carboxylic acids is 4. The lowest BCUT2D eigenvalue weighted by molar-refractivity contribution is -0.385. The van der Waals surface area contributed by atoms with Crippen molar-refractivity contribution in [2.75, 3.05) is 6.54 Å². The molecule has 0 unspecified atom stereocenters. The van der Waals surface area contributed by atoms with Crippen molar-refractivity contribution in [2.45, 2.75) is 19.8 Å². The van der Waals surface area contributed by atoms with Crippen molar-refractivity contribution < 1.29 is 29.0 Å². The van der Waals surface area contributed by atoms with E-state index in [2.05, 4.69) is 0 Å². The molecule has 2 aliphatic rings. The van der Waals surface area contributed by atoms with E-state index in [9.17, 15) is 39.4 Å². The number of nitro groups is 2. The number of allylic oxidation sites excluding steroid dienone is 2. The number of imide groups is 1. The minimum absolute atomic E-state index is 0.102. The van der Waals surface area contributed by atoms with E-state index in [0.717, 1.165) is 17.7 Å². The molecule has 1 saturated heterocycles. The molecule has 3 amide bonds. The zero-order valence-corrected chi connectivity index (χ0v) is 19.0. The summed E-state index contributed by atoms with van der Waals surface area (Å²) in [6.45, 7) is 1.04. The van der Waals surface area contributed by atoms with Crippen molar-refractivity contribution in [3.05, 3.63) is 91.5 Å². The van der Waals surface area contributed by atoms with Crippen LogP contribution in [0.4, 0.5) is 11.4 Å². The summed E-state index contributed by atoms with van der Waals surface area (Å²) in [6.07, 6.45) is 2.47. The number of non-ortho nitro benzene ring substituents is 2. The predicted molar refractivity (Wildman–Crippen MR) is 123 cm³/mol. The van der Waals surface area contributed by atoms with Gasteiger partial charge in [0.2, 0.25) is 0 Å². The highest BCUT2D eigenvalue weighted by molar-refractivity contribution is 6.10. The molecule has 184 valence electrons. The van der Waals surface area contributed by atoms with Gasteiger partial charge in [-0.15, -0.1) is 0 Å². The van der Waals surface area contributed by atoms with Crippen molar-refractivity contribution in [1.29, 1.82) is 0 Å². The Morgan fingerprint density at radius 2 is 1.50 bits per heavy atom. The van der Waals surface area contributed by atoms with E-state index in [0.29, 0.717) is 22.9 Å². The summed E-state index contributed by atoms with van der Waals surface area (Å²) in [5.41, 5.74) is -0.129. The van der Waals surface area contributed by atoms with Gasteiger partial charge in [-0.25, -0.2) is 5.01 Å². The number of hydrazine groups is 1. The van der Waals surface area contributed by atoms with Crippen LogP contribution in [0.1, 0.15) is 40.5 Å². The molecule has 4 rings (SSSR count). The Morgan fingerprint density at radius 1 is 0.944 bits per heavy atom. The zero-order chi connectivity index (χ0) is 26.1. The van der Waals surface area contributed by atoms with Gasteiger partial charge in [0, 0.05) is 35.4 Å². The van der Waals surface area contributed by atoms with E-state index in [1.165, 1.54) is 36.4 Å². The standard InChI is InChI=1S/C24H20N4O8/c1-14-8-9-19-20(10-14)24(32)26(23(19)31)25(22(30)16-5-3-7-18(12-16)28(35)36)13-21(29)15-4-2-6-17(11-15)27(33)34/h2-8,11-12,19-20H,9-10,13H2,1H3/t19-,20-/m0/s1. The van der Waals surface area contributed by atoms with Gasteiger partial charge in [0.15, 0.2) is 5.78 Å². The lowest BCUT2D eigenvalue weighted by Gasteiger charge is -2.30. The van der Waals surface area contributed by atoms with Crippen LogP contribution in [0.3, 0.4) is 0 Å². The van der Waals surface area contributed by atoms with Crippen LogP contribution in [0.25, 0.3) is 0 Å². The largest absolute Gasteiger partial charge is 0.292 e. The third kappa shape index (κ3) is 4.48. The highest BCUT2D eigenvalue weighted by atomic mass is 16.6. The van der Waals surface area contributed by atoms with Crippen LogP contribution in [-0.4, -0.2) is 49.9 Å². The molecule has 1 aliphatic carbocycles. The van der Waals surface area contributed by atoms with Crippen molar-refractivity contribution in [3.8, 4) is 0 Å². The summed E-state index contributed by atoms with van der Waals surface area (Å²) in [4.78, 5) is 74.0. The van der Waals surface area contributed by atoms with Gasteiger partial charge in [0.1, 0.15) is 6.54 Å². The van der Waals surface area contributed by atoms with Gasteiger partial charge in [-0.2, -0.15) is 5.01 Å². The van der Waals surface area contributed by atoms with Crippen LogP contribution in [-0.2, 0) is 9.59 Å². The Bertz CT molecular complexity index is 1350. The molecule has 0 aromatic heterocycles. The van der Waals surface area contributed by atoms with Crippen molar-refractivity contribution in [1.82, 2.24) is 10.0 Å². The van der Waals surface area contributed by atoms with Crippen molar-refractivity contribution in [2.24, 2.45) is 11.8 Å². The van der Waals surface area contributed by atoms with E-state index in [-0.39, 0.29) is 16.8 Å². The second-order valence-electron chi connectivity index (χ2n) is 8.59. The maximum Gasteiger partial charge on any atom is 0.273 e. The maximum absolute atomic E-state index is 13.5. The molecular weight excluding hydrogens is 472 g/mol. The topological polar surface area (TPSA) is 161 Å². The number of carbonyl (C=O) groups is 4. The molecule has 2 aromatic carbocycles. The lowest BCUT2D eigenvalue weighted by Crippen LogP contribution is -2.52. The fourth-order valence-corrected chi connectivity index (χ4v) is 4.41. The third-order valence-corrected chi connectivity index (χ3v) is 6.25. The number of benzene rings is 2. The predicted octanol–water partition coefficient (Wildman–Crippen LogP) is 3.08. The smallest absolute Gasteiger partial charge is 0.273 e. The SMILES string of the molecule is CC1=CC[C@@H]2C(=O)N(N(CC(=O)c3cccc([N+](=O)[O-])c3)C(=O)c3cccc([N+](=O)[O-])c3)C(=O)[C@H]2C1. The summed E-state index contributed by atoms with van der Waals surface area (Å²) in [5.74, 6) is -4.43. The zero-order valence-electron chi connectivity index (χ0n) is 19.0. The van der Waals surface area contributed by atoms with Crippen LogP contribution < -0.4 is 0 Å². The molecule has 36 heavy (non-hydrogen) atoms. The minimum Gasteiger partial charge on any atom is -0.292 e. The summed E-state index contributed by atoms with van der Waals surface area (Å²) in [7, 11) is 0. The highest BCUT2D eigenvalue weighted by Gasteiger charge is 2.51. The molecule has 2 atom stereocenters. The first-order chi connectivity index (χ1) is 17.1. The molecule has 12 nitrogen and oxygen atoms in total. The van der Waals surface area contributed by atoms with Crippen LogP contribution in [0.15, 0.2) is 60.2 Å². The lowest BCUT2D eigenvalue weighted by atomic mass is 9.82. The third-order valence-electron chi connectivity index (χ3n) is 6.25. The fraction of sp³-hybridized carbons (Fsp3) is 0.250. The van der Waals surface area contributed by atoms with E-state index in [4.69, 9.17) is 0 Å². The second kappa shape index (κ2) is 9.49. The quantitative estimate of drug-likeness (QED) is 0.187. The Hall–Kier alpha value is -4.74. The number of amides is 3. The normalized spacial score (nSPS) is 18.9. The number of nitro benzene ring substituents is 2. The number of ketones is 1. The molecule has 12 heteroatoms. The van der Waals surface area contributed by atoms with E-state index < -0.39 is 57.4 Å². The number of hydrogen-bond donors (Lipinski definition) is 0. The fourth-order valence-electron chi connectivity index (χ4n) is 4.41. The van der Waals surface area contributed by atoms with Gasteiger partial charge in [0.05, 0.1) is 21.7 Å². The van der Waals surface area contributed by atoms with Crippen LogP contribution in [0, 0.1) is 32.1 Å². The van der Waals surface area contributed by atoms with Crippen molar-refractivity contribution >= 4 is 34.9 Å². The molecule has 2 aromatic rings. The first kappa shape index (κ1) is 24.4. The van der Waals surface area contributed by atoms with Gasteiger partial charge >= 0.3 is 0 Å². The molecule has 0 saturated carbocycles. The Morgan fingerprint density at radius 3 is 2.11 bits per heavy atom. The maximum atomic E-state index is 13.5. The first-order valence-corrected chi connectivity index (χ1v) is 11.0. The number of hydrogen-bond acceptors (Lipinski definition) is 8. The molecule has 1 fully saturated rings. The number of fused-ring (bicyclic) bond motifs is 1. The van der Waals surface area contributed by atoms with Gasteiger partial charge in [-0.3, -0.25) is 39.4 Å². The first-order valence-electron chi connectivity index (χ1n) is 11.0. The number of Topliss-reactive ketones (excluding diaryl/α,β-unsaturated/α-hetero) is 1. The summed E-state index contributed by atoms with van der Waals surface area (Å²) in [6, 6.07) is 9.52. The van der Waals surface area contributed by atoms with Crippen molar-refractivity contribution in [3.63, 3.8) is 0 Å². The van der Waals surface area contributed by atoms with Crippen LogP contribution >= 0.6 is 0 Å².